The van der Waals surface area contributed by atoms with Crippen LogP contribution in [0.3, 0.4) is 0 Å². The molecule has 1 aliphatic heterocycles. The second-order valence-corrected chi connectivity index (χ2v) is 4.37. The minimum Gasteiger partial charge on any atom is -0.274 e. The molecule has 1 heterocycles. The zero-order valence-corrected chi connectivity index (χ0v) is 9.50. The maximum Gasteiger partial charge on any atom is 0.247 e. The van der Waals surface area contributed by atoms with Crippen LogP contribution in [0.25, 0.3) is 0 Å². The van der Waals surface area contributed by atoms with Crippen molar-refractivity contribution < 1.29 is 14.0 Å². The van der Waals surface area contributed by atoms with Gasteiger partial charge in [0.25, 0.3) is 0 Å². The van der Waals surface area contributed by atoms with E-state index in [2.05, 4.69) is 12.6 Å². The number of carbonyl (C=O) groups excluding carboxylic acids is 2. The zero-order valence-electron chi connectivity index (χ0n) is 8.61. The Morgan fingerprint density at radius 3 is 2.62 bits per heavy atom. The molecule has 1 fully saturated rings. The first-order valence-corrected chi connectivity index (χ1v) is 5.33. The number of imide groups is 1. The van der Waals surface area contributed by atoms with E-state index in [1.165, 1.54) is 12.1 Å². The fourth-order valence-electron chi connectivity index (χ4n) is 1.66. The molecule has 0 saturated carbocycles. The SMILES string of the molecule is Cc1ccc(N2C(=O)CC(S)C2=O)c(F)c1. The molecule has 1 unspecified atom stereocenters. The average molecular weight is 239 g/mol. The Hall–Kier alpha value is -1.36. The second kappa shape index (κ2) is 3.90. The topological polar surface area (TPSA) is 37.4 Å². The molecule has 2 amide bonds. The number of carbonyl (C=O) groups is 2. The Kier molecular flexibility index (Phi) is 2.71. The molecule has 1 aromatic carbocycles. The van der Waals surface area contributed by atoms with Gasteiger partial charge in [0.05, 0.1) is 10.9 Å². The molecule has 1 atom stereocenters. The van der Waals surface area contributed by atoms with Gasteiger partial charge in [0, 0.05) is 6.42 Å². The molecular weight excluding hydrogens is 229 g/mol. The van der Waals surface area contributed by atoms with Crippen molar-refractivity contribution in [2.75, 3.05) is 4.90 Å². The summed E-state index contributed by atoms with van der Waals surface area (Å²) >= 11 is 3.98. The van der Waals surface area contributed by atoms with Gasteiger partial charge in [-0.05, 0) is 24.6 Å². The molecule has 0 aliphatic carbocycles. The lowest BCUT2D eigenvalue weighted by molar-refractivity contribution is -0.121. The number of nitrogens with zero attached hydrogens (tertiary/aromatic N) is 1. The molecule has 1 aliphatic rings. The first-order chi connectivity index (χ1) is 7.50. The summed E-state index contributed by atoms with van der Waals surface area (Å²) < 4.78 is 13.6. The van der Waals surface area contributed by atoms with Crippen LogP contribution >= 0.6 is 12.6 Å². The predicted molar refractivity (Wildman–Crippen MR) is 61.0 cm³/mol. The van der Waals surface area contributed by atoms with Crippen molar-refractivity contribution in [2.45, 2.75) is 18.6 Å². The fraction of sp³-hybridized carbons (Fsp3) is 0.273. The lowest BCUT2D eigenvalue weighted by Gasteiger charge is -2.15. The highest BCUT2D eigenvalue weighted by Crippen LogP contribution is 2.28. The van der Waals surface area contributed by atoms with Crippen molar-refractivity contribution in [3.63, 3.8) is 0 Å². The molecule has 16 heavy (non-hydrogen) atoms. The number of hydrogen-bond acceptors (Lipinski definition) is 3. The van der Waals surface area contributed by atoms with Gasteiger partial charge in [0.2, 0.25) is 11.8 Å². The van der Waals surface area contributed by atoms with Crippen LogP contribution in [-0.4, -0.2) is 17.1 Å². The largest absolute Gasteiger partial charge is 0.274 e. The van der Waals surface area contributed by atoms with E-state index in [0.29, 0.717) is 0 Å². The first kappa shape index (κ1) is 11.1. The van der Waals surface area contributed by atoms with Crippen molar-refractivity contribution in [1.29, 1.82) is 0 Å². The number of thiol groups is 1. The van der Waals surface area contributed by atoms with Crippen LogP contribution < -0.4 is 4.90 Å². The minimum atomic E-state index is -0.659. The van der Waals surface area contributed by atoms with Crippen molar-refractivity contribution >= 4 is 30.1 Å². The number of aryl methyl sites for hydroxylation is 1. The van der Waals surface area contributed by atoms with Crippen LogP contribution in [0.1, 0.15) is 12.0 Å². The van der Waals surface area contributed by atoms with Gasteiger partial charge < -0.3 is 0 Å². The second-order valence-electron chi connectivity index (χ2n) is 3.74. The summed E-state index contributed by atoms with van der Waals surface area (Å²) in [6.45, 7) is 1.74. The van der Waals surface area contributed by atoms with E-state index in [1.807, 2.05) is 0 Å². The lowest BCUT2D eigenvalue weighted by Crippen LogP contribution is -2.31. The van der Waals surface area contributed by atoms with Crippen LogP contribution in [-0.2, 0) is 9.59 Å². The summed E-state index contributed by atoms with van der Waals surface area (Å²) in [6.07, 6.45) is 0.0231. The highest BCUT2D eigenvalue weighted by molar-refractivity contribution is 7.82. The summed E-state index contributed by atoms with van der Waals surface area (Å²) in [7, 11) is 0. The van der Waals surface area contributed by atoms with Gasteiger partial charge in [-0.2, -0.15) is 12.6 Å². The minimum absolute atomic E-state index is 0.0113. The molecule has 2 rings (SSSR count). The Labute approximate surface area is 97.7 Å². The van der Waals surface area contributed by atoms with E-state index in [0.717, 1.165) is 10.5 Å². The van der Waals surface area contributed by atoms with Gasteiger partial charge in [0.15, 0.2) is 0 Å². The van der Waals surface area contributed by atoms with Gasteiger partial charge >= 0.3 is 0 Å². The Bertz CT molecular complexity index is 475. The molecule has 0 N–H and O–H groups in total. The van der Waals surface area contributed by atoms with Gasteiger partial charge in [-0.25, -0.2) is 9.29 Å². The molecule has 1 aromatic rings. The van der Waals surface area contributed by atoms with Crippen LogP contribution in [0.5, 0.6) is 0 Å². The number of benzene rings is 1. The average Bonchev–Trinajstić information content (AvgIpc) is 2.43. The van der Waals surface area contributed by atoms with Crippen LogP contribution in [0.15, 0.2) is 18.2 Å². The zero-order chi connectivity index (χ0) is 11.9. The summed E-state index contributed by atoms with van der Waals surface area (Å²) in [5.74, 6) is -1.44. The van der Waals surface area contributed by atoms with Crippen molar-refractivity contribution in [1.82, 2.24) is 0 Å². The molecule has 3 nitrogen and oxygen atoms in total. The van der Waals surface area contributed by atoms with E-state index in [-0.39, 0.29) is 12.1 Å². The number of amides is 2. The highest BCUT2D eigenvalue weighted by Gasteiger charge is 2.38. The quantitative estimate of drug-likeness (QED) is 0.598. The summed E-state index contributed by atoms with van der Waals surface area (Å²) in [5, 5.41) is -0.659. The predicted octanol–water partition coefficient (Wildman–Crippen LogP) is 1.70. The van der Waals surface area contributed by atoms with E-state index in [4.69, 9.17) is 0 Å². The summed E-state index contributed by atoms with van der Waals surface area (Å²) in [5.41, 5.74) is 0.750. The van der Waals surface area contributed by atoms with E-state index in [9.17, 15) is 14.0 Å². The first-order valence-electron chi connectivity index (χ1n) is 4.81. The van der Waals surface area contributed by atoms with Crippen molar-refractivity contribution in [3.05, 3.63) is 29.6 Å². The van der Waals surface area contributed by atoms with E-state index < -0.39 is 22.9 Å². The molecular formula is C11H10FNO2S. The van der Waals surface area contributed by atoms with Crippen molar-refractivity contribution in [2.24, 2.45) is 0 Å². The molecule has 84 valence electrons. The number of hydrogen-bond donors (Lipinski definition) is 1. The number of halogens is 1. The Morgan fingerprint density at radius 2 is 2.12 bits per heavy atom. The molecule has 0 bridgehead atoms. The number of anilines is 1. The molecule has 1 saturated heterocycles. The third-order valence-corrected chi connectivity index (χ3v) is 2.87. The Balaban J connectivity index is 2.45. The third-order valence-electron chi connectivity index (χ3n) is 2.47. The van der Waals surface area contributed by atoms with Gasteiger partial charge in [-0.3, -0.25) is 9.59 Å². The third kappa shape index (κ3) is 1.71. The lowest BCUT2D eigenvalue weighted by atomic mass is 10.2. The Morgan fingerprint density at radius 1 is 1.44 bits per heavy atom. The fourth-order valence-corrected chi connectivity index (χ4v) is 1.93. The summed E-state index contributed by atoms with van der Waals surface area (Å²) in [6, 6.07) is 4.39. The van der Waals surface area contributed by atoms with Crippen LogP contribution in [0.4, 0.5) is 10.1 Å². The van der Waals surface area contributed by atoms with Gasteiger partial charge in [0.1, 0.15) is 5.82 Å². The highest BCUT2D eigenvalue weighted by atomic mass is 32.1. The van der Waals surface area contributed by atoms with Gasteiger partial charge in [-0.15, -0.1) is 0 Å². The normalized spacial score (nSPS) is 20.7. The number of rotatable bonds is 1. The maximum absolute atomic E-state index is 13.6. The monoisotopic (exact) mass is 239 g/mol. The van der Waals surface area contributed by atoms with E-state index >= 15 is 0 Å². The van der Waals surface area contributed by atoms with Crippen LogP contribution in [0.2, 0.25) is 0 Å². The van der Waals surface area contributed by atoms with Crippen molar-refractivity contribution in [3.8, 4) is 0 Å². The summed E-state index contributed by atoms with van der Waals surface area (Å²) in [4.78, 5) is 24.0. The van der Waals surface area contributed by atoms with Gasteiger partial charge in [-0.1, -0.05) is 6.07 Å². The smallest absolute Gasteiger partial charge is 0.247 e. The van der Waals surface area contributed by atoms with Crippen LogP contribution in [0, 0.1) is 12.7 Å². The molecule has 0 radical (unpaired) electrons. The maximum atomic E-state index is 13.6. The standard InChI is InChI=1S/C11H10FNO2S/c1-6-2-3-8(7(12)4-6)13-10(14)5-9(16)11(13)15/h2-4,9,16H,5H2,1H3. The molecule has 0 aromatic heterocycles. The van der Waals surface area contributed by atoms with E-state index in [1.54, 1.807) is 13.0 Å². The molecule has 0 spiro atoms. The molecule has 5 heteroatoms.